The normalized spacial score (nSPS) is 15.8. The Labute approximate surface area is 155 Å². The van der Waals surface area contributed by atoms with Crippen molar-refractivity contribution >= 4 is 48.6 Å². The number of para-hydroxylation sites is 1. The standard InChI is InChI=1S/C17H17BrN2O2S2/c1-2-10-20-15-8-3-4-9-16(15)24(21,22)19-17(20)23-12-13-6-5-7-14(18)11-13/h3-9,11H,2,10,12H2,1H3. The van der Waals surface area contributed by atoms with E-state index in [2.05, 4.69) is 27.3 Å². The Balaban J connectivity index is 1.92. The van der Waals surface area contributed by atoms with E-state index in [0.717, 1.165) is 23.0 Å². The van der Waals surface area contributed by atoms with Crippen molar-refractivity contribution in [1.29, 1.82) is 0 Å². The van der Waals surface area contributed by atoms with Crippen molar-refractivity contribution in [2.24, 2.45) is 4.40 Å². The van der Waals surface area contributed by atoms with Crippen molar-refractivity contribution in [3.8, 4) is 0 Å². The highest BCUT2D eigenvalue weighted by molar-refractivity contribution is 9.10. The van der Waals surface area contributed by atoms with Crippen LogP contribution in [0.5, 0.6) is 0 Å². The zero-order valence-electron chi connectivity index (χ0n) is 13.1. The summed E-state index contributed by atoms with van der Waals surface area (Å²) < 4.78 is 30.0. The highest BCUT2D eigenvalue weighted by atomic mass is 79.9. The quantitative estimate of drug-likeness (QED) is 0.715. The van der Waals surface area contributed by atoms with Gasteiger partial charge in [0.1, 0.15) is 4.90 Å². The van der Waals surface area contributed by atoms with Crippen LogP contribution in [0.3, 0.4) is 0 Å². The second-order valence-electron chi connectivity index (χ2n) is 5.39. The maximum absolute atomic E-state index is 12.5. The van der Waals surface area contributed by atoms with E-state index in [4.69, 9.17) is 0 Å². The van der Waals surface area contributed by atoms with Gasteiger partial charge in [0.15, 0.2) is 5.17 Å². The predicted molar refractivity (Wildman–Crippen MR) is 104 cm³/mol. The van der Waals surface area contributed by atoms with Crippen molar-refractivity contribution < 1.29 is 8.42 Å². The Bertz CT molecular complexity index is 882. The summed E-state index contributed by atoms with van der Waals surface area (Å²) in [7, 11) is -3.64. The molecular formula is C17H17BrN2O2S2. The van der Waals surface area contributed by atoms with Gasteiger partial charge in [-0.25, -0.2) is 0 Å². The summed E-state index contributed by atoms with van der Waals surface area (Å²) >= 11 is 4.91. The average Bonchev–Trinajstić information content (AvgIpc) is 2.56. The zero-order valence-corrected chi connectivity index (χ0v) is 16.4. The average molecular weight is 425 g/mol. The van der Waals surface area contributed by atoms with Crippen LogP contribution in [0.25, 0.3) is 0 Å². The van der Waals surface area contributed by atoms with Crippen LogP contribution in [0.4, 0.5) is 5.69 Å². The van der Waals surface area contributed by atoms with E-state index < -0.39 is 10.0 Å². The molecule has 1 aliphatic heterocycles. The summed E-state index contributed by atoms with van der Waals surface area (Å²) in [6, 6.07) is 15.0. The Kier molecular flexibility index (Phi) is 5.32. The minimum atomic E-state index is -3.64. The van der Waals surface area contributed by atoms with Crippen LogP contribution in [-0.2, 0) is 15.8 Å². The monoisotopic (exact) mass is 424 g/mol. The van der Waals surface area contributed by atoms with Crippen LogP contribution in [0.2, 0.25) is 0 Å². The fourth-order valence-corrected chi connectivity index (χ4v) is 5.39. The summed E-state index contributed by atoms with van der Waals surface area (Å²) in [5.41, 5.74) is 1.83. The lowest BCUT2D eigenvalue weighted by molar-refractivity contribution is 0.597. The number of anilines is 1. The van der Waals surface area contributed by atoms with Gasteiger partial charge in [-0.05, 0) is 36.2 Å². The van der Waals surface area contributed by atoms with Gasteiger partial charge in [0.25, 0.3) is 10.0 Å². The van der Waals surface area contributed by atoms with E-state index in [9.17, 15) is 8.42 Å². The van der Waals surface area contributed by atoms with Crippen molar-refractivity contribution in [3.05, 3.63) is 58.6 Å². The summed E-state index contributed by atoms with van der Waals surface area (Å²) in [5, 5.41) is 0.538. The molecule has 2 aromatic carbocycles. The van der Waals surface area contributed by atoms with Crippen molar-refractivity contribution in [1.82, 2.24) is 0 Å². The summed E-state index contributed by atoms with van der Waals surface area (Å²) in [6.07, 6.45) is 0.908. The molecule has 3 rings (SSSR count). The minimum Gasteiger partial charge on any atom is -0.319 e. The van der Waals surface area contributed by atoms with E-state index in [1.807, 2.05) is 41.3 Å². The number of amidine groups is 1. The molecule has 4 nitrogen and oxygen atoms in total. The van der Waals surface area contributed by atoms with Gasteiger partial charge in [0.05, 0.1) is 5.69 Å². The molecular weight excluding hydrogens is 408 g/mol. The van der Waals surface area contributed by atoms with Crippen LogP contribution >= 0.6 is 27.7 Å². The van der Waals surface area contributed by atoms with Crippen molar-refractivity contribution in [2.45, 2.75) is 24.0 Å². The van der Waals surface area contributed by atoms with Gasteiger partial charge in [-0.1, -0.05) is 58.9 Å². The lowest BCUT2D eigenvalue weighted by Gasteiger charge is -2.30. The number of halogens is 1. The van der Waals surface area contributed by atoms with Gasteiger partial charge >= 0.3 is 0 Å². The summed E-state index contributed by atoms with van der Waals surface area (Å²) in [5.74, 6) is 0.663. The van der Waals surface area contributed by atoms with Gasteiger partial charge in [-0.3, -0.25) is 0 Å². The van der Waals surface area contributed by atoms with Crippen LogP contribution in [0, 0.1) is 0 Å². The SMILES string of the molecule is CCCN1C(SCc2cccc(Br)c2)=NS(=O)(=O)c2ccccc21. The number of hydrogen-bond donors (Lipinski definition) is 0. The maximum Gasteiger partial charge on any atom is 0.286 e. The molecule has 1 heterocycles. The van der Waals surface area contributed by atoms with Gasteiger partial charge < -0.3 is 4.90 Å². The summed E-state index contributed by atoms with van der Waals surface area (Å²) in [4.78, 5) is 2.28. The number of sulfonamides is 1. The highest BCUT2D eigenvalue weighted by Gasteiger charge is 2.30. The lowest BCUT2D eigenvalue weighted by atomic mass is 10.2. The highest BCUT2D eigenvalue weighted by Crippen LogP contribution is 2.35. The molecule has 0 aliphatic carbocycles. The second kappa shape index (κ2) is 7.29. The predicted octanol–water partition coefficient (Wildman–Crippen LogP) is 4.66. The van der Waals surface area contributed by atoms with Crippen molar-refractivity contribution in [2.75, 3.05) is 11.4 Å². The molecule has 0 saturated heterocycles. The first kappa shape index (κ1) is 17.5. The minimum absolute atomic E-state index is 0.283. The molecule has 24 heavy (non-hydrogen) atoms. The van der Waals surface area contributed by atoms with Crippen LogP contribution in [-0.4, -0.2) is 20.1 Å². The number of rotatable bonds is 4. The zero-order chi connectivity index (χ0) is 17.2. The van der Waals surface area contributed by atoms with E-state index in [1.165, 1.54) is 11.8 Å². The first-order chi connectivity index (χ1) is 11.5. The Morgan fingerprint density at radius 1 is 1.17 bits per heavy atom. The number of fused-ring (bicyclic) bond motifs is 1. The van der Waals surface area contributed by atoms with E-state index in [0.29, 0.717) is 16.6 Å². The Morgan fingerprint density at radius 2 is 1.96 bits per heavy atom. The molecule has 0 fully saturated rings. The van der Waals surface area contributed by atoms with E-state index in [1.54, 1.807) is 12.1 Å². The third-order valence-corrected chi connectivity index (χ3v) is 6.54. The fourth-order valence-electron chi connectivity index (χ4n) is 2.52. The number of hydrogen-bond acceptors (Lipinski definition) is 4. The number of benzene rings is 2. The molecule has 0 atom stereocenters. The second-order valence-corrected chi connectivity index (χ2v) is 8.82. The molecule has 0 bridgehead atoms. The molecule has 7 heteroatoms. The van der Waals surface area contributed by atoms with Gasteiger partial charge in [-0.2, -0.15) is 8.42 Å². The topological polar surface area (TPSA) is 49.7 Å². The first-order valence-corrected chi connectivity index (χ1v) is 10.8. The van der Waals surface area contributed by atoms with Gasteiger partial charge in [0.2, 0.25) is 0 Å². The molecule has 0 amide bonds. The maximum atomic E-state index is 12.5. The van der Waals surface area contributed by atoms with E-state index >= 15 is 0 Å². The van der Waals surface area contributed by atoms with E-state index in [-0.39, 0.29) is 4.90 Å². The van der Waals surface area contributed by atoms with Crippen LogP contribution in [0.15, 0.2) is 62.3 Å². The van der Waals surface area contributed by atoms with Crippen LogP contribution in [0.1, 0.15) is 18.9 Å². The smallest absolute Gasteiger partial charge is 0.286 e. The lowest BCUT2D eigenvalue weighted by Crippen LogP contribution is -2.34. The molecule has 126 valence electrons. The fraction of sp³-hybridized carbons (Fsp3) is 0.235. The van der Waals surface area contributed by atoms with Gasteiger partial charge in [-0.15, -0.1) is 4.40 Å². The van der Waals surface area contributed by atoms with Gasteiger partial charge in [0, 0.05) is 16.8 Å². The summed E-state index contributed by atoms with van der Waals surface area (Å²) in [6.45, 7) is 2.80. The van der Waals surface area contributed by atoms with Crippen LogP contribution < -0.4 is 4.90 Å². The number of thioether (sulfide) groups is 1. The van der Waals surface area contributed by atoms with Crippen molar-refractivity contribution in [3.63, 3.8) is 0 Å². The third-order valence-electron chi connectivity index (χ3n) is 3.57. The molecule has 0 radical (unpaired) electrons. The molecule has 0 aromatic heterocycles. The molecule has 0 spiro atoms. The Morgan fingerprint density at radius 3 is 2.71 bits per heavy atom. The molecule has 2 aromatic rings. The largest absolute Gasteiger partial charge is 0.319 e. The first-order valence-electron chi connectivity index (χ1n) is 7.60. The molecule has 1 aliphatic rings. The Hall–Kier alpha value is -1.31. The molecule has 0 unspecified atom stereocenters. The molecule has 0 N–H and O–H groups in total. The third kappa shape index (κ3) is 3.68. The number of nitrogens with zero attached hydrogens (tertiary/aromatic N) is 2. The molecule has 0 saturated carbocycles.